The van der Waals surface area contributed by atoms with Gasteiger partial charge in [0.15, 0.2) is 0 Å². The van der Waals surface area contributed by atoms with Crippen LogP contribution in [-0.2, 0) is 26.3 Å². The molecule has 4 heterocycles. The van der Waals surface area contributed by atoms with E-state index in [-0.39, 0.29) is 35.8 Å². The average Bonchev–Trinajstić information content (AvgIpc) is 3.29. The van der Waals surface area contributed by atoms with Crippen LogP contribution in [0.1, 0.15) is 39.4 Å². The molecule has 0 bridgehead atoms. The predicted molar refractivity (Wildman–Crippen MR) is 101 cm³/mol. The summed E-state index contributed by atoms with van der Waals surface area (Å²) in [5.74, 6) is -0.375. The van der Waals surface area contributed by atoms with Gasteiger partial charge in [0.25, 0.3) is 5.91 Å². The number of carbonyl (C=O) groups excluding carboxylic acids is 2. The van der Waals surface area contributed by atoms with Crippen molar-refractivity contribution in [1.82, 2.24) is 10.2 Å². The van der Waals surface area contributed by atoms with E-state index in [1.165, 1.54) is 17.6 Å². The molecule has 3 aliphatic heterocycles. The Labute approximate surface area is 163 Å². The van der Waals surface area contributed by atoms with Crippen molar-refractivity contribution in [2.75, 3.05) is 39.9 Å². The van der Waals surface area contributed by atoms with Gasteiger partial charge in [0.1, 0.15) is 0 Å². The van der Waals surface area contributed by atoms with Crippen LogP contribution in [0.4, 0.5) is 0 Å². The molecule has 8 heteroatoms. The predicted octanol–water partition coefficient (Wildman–Crippen LogP) is 1.96. The number of nitrogens with one attached hydrogen (secondary N) is 1. The molecule has 1 N–H and O–H groups in total. The van der Waals surface area contributed by atoms with Gasteiger partial charge in [-0.15, -0.1) is 23.7 Å². The fraction of sp³-hybridized carbons (Fsp3) is 0.667. The monoisotopic (exact) mass is 400 g/mol. The lowest BCUT2D eigenvalue weighted by atomic mass is 9.83. The highest BCUT2D eigenvalue weighted by molar-refractivity contribution is 7.14. The van der Waals surface area contributed by atoms with Crippen molar-refractivity contribution in [2.45, 2.75) is 31.3 Å². The standard InChI is InChI=1S/C18H24N2O4S.ClH/c1-23-17(22)12-2-8-20(11-12)16(21)15-10-13-14(25-15)3-9-24-18(13)4-6-19-7-5-18;/h10,12,19H,2-9,11H2,1H3;1H. The summed E-state index contributed by atoms with van der Waals surface area (Å²) in [7, 11) is 1.40. The fourth-order valence-corrected chi connectivity index (χ4v) is 5.43. The molecule has 4 rings (SSSR count). The zero-order valence-corrected chi connectivity index (χ0v) is 16.5. The smallest absolute Gasteiger partial charge is 0.310 e. The van der Waals surface area contributed by atoms with E-state index in [0.717, 1.165) is 43.8 Å². The maximum atomic E-state index is 12.9. The van der Waals surface area contributed by atoms with Crippen LogP contribution >= 0.6 is 23.7 Å². The van der Waals surface area contributed by atoms with Gasteiger partial charge < -0.3 is 19.7 Å². The van der Waals surface area contributed by atoms with Gasteiger partial charge in [0.2, 0.25) is 0 Å². The first-order valence-electron chi connectivity index (χ1n) is 8.98. The molecule has 1 aromatic rings. The zero-order valence-electron chi connectivity index (χ0n) is 14.9. The van der Waals surface area contributed by atoms with Gasteiger partial charge in [0.05, 0.1) is 30.1 Å². The van der Waals surface area contributed by atoms with Crippen molar-refractivity contribution in [2.24, 2.45) is 5.92 Å². The normalized spacial score (nSPS) is 24.0. The zero-order chi connectivity index (χ0) is 17.4. The Morgan fingerprint density at radius 3 is 2.88 bits per heavy atom. The van der Waals surface area contributed by atoms with Crippen LogP contribution in [-0.4, -0.2) is 56.7 Å². The maximum Gasteiger partial charge on any atom is 0.310 e. The molecule has 2 saturated heterocycles. The molecule has 1 amide bonds. The molecule has 6 nitrogen and oxygen atoms in total. The third kappa shape index (κ3) is 3.38. The minimum absolute atomic E-state index is 0. The fourth-order valence-electron chi connectivity index (χ4n) is 4.23. The second-order valence-electron chi connectivity index (χ2n) is 7.05. The highest BCUT2D eigenvalue weighted by Gasteiger charge is 2.41. The van der Waals surface area contributed by atoms with Crippen LogP contribution < -0.4 is 5.32 Å². The van der Waals surface area contributed by atoms with E-state index >= 15 is 0 Å². The number of fused-ring (bicyclic) bond motifs is 2. The lowest BCUT2D eigenvalue weighted by Gasteiger charge is -2.40. The van der Waals surface area contributed by atoms with Crippen molar-refractivity contribution in [3.8, 4) is 0 Å². The van der Waals surface area contributed by atoms with Crippen LogP contribution in [0.25, 0.3) is 0 Å². The Hall–Kier alpha value is -1.15. The molecule has 1 unspecified atom stereocenters. The Morgan fingerprint density at radius 2 is 2.15 bits per heavy atom. The second kappa shape index (κ2) is 7.84. The van der Waals surface area contributed by atoms with Crippen molar-refractivity contribution in [3.05, 3.63) is 21.4 Å². The third-order valence-electron chi connectivity index (χ3n) is 5.64. The topological polar surface area (TPSA) is 67.9 Å². The summed E-state index contributed by atoms with van der Waals surface area (Å²) in [6.45, 7) is 3.71. The van der Waals surface area contributed by atoms with Gasteiger partial charge >= 0.3 is 5.97 Å². The molecular weight excluding hydrogens is 376 g/mol. The molecule has 2 fully saturated rings. The number of amides is 1. The van der Waals surface area contributed by atoms with Crippen molar-refractivity contribution >= 4 is 35.6 Å². The number of nitrogens with zero attached hydrogens (tertiary/aromatic N) is 1. The lowest BCUT2D eigenvalue weighted by Crippen LogP contribution is -2.44. The Kier molecular flexibility index (Phi) is 5.91. The largest absolute Gasteiger partial charge is 0.469 e. The first-order valence-corrected chi connectivity index (χ1v) is 9.79. The quantitative estimate of drug-likeness (QED) is 0.768. The number of halogens is 1. The summed E-state index contributed by atoms with van der Waals surface area (Å²) in [6, 6.07) is 2.05. The number of thiophene rings is 1. The van der Waals surface area contributed by atoms with Gasteiger partial charge in [-0.25, -0.2) is 0 Å². The van der Waals surface area contributed by atoms with Crippen molar-refractivity contribution in [1.29, 1.82) is 0 Å². The van der Waals surface area contributed by atoms with Crippen molar-refractivity contribution < 1.29 is 19.1 Å². The van der Waals surface area contributed by atoms with Crippen LogP contribution in [0.2, 0.25) is 0 Å². The number of hydrogen-bond donors (Lipinski definition) is 1. The third-order valence-corrected chi connectivity index (χ3v) is 6.82. The SMILES string of the molecule is COC(=O)C1CCN(C(=O)c2cc3c(s2)CCOC32CCNCC2)C1.Cl. The van der Waals surface area contributed by atoms with Gasteiger partial charge in [-0.05, 0) is 44.0 Å². The summed E-state index contributed by atoms with van der Waals surface area (Å²) < 4.78 is 11.0. The van der Waals surface area contributed by atoms with Gasteiger partial charge in [-0.3, -0.25) is 9.59 Å². The van der Waals surface area contributed by atoms with E-state index in [0.29, 0.717) is 19.5 Å². The molecule has 0 saturated carbocycles. The minimum atomic E-state index is -0.220. The molecule has 3 aliphatic rings. The van der Waals surface area contributed by atoms with E-state index in [2.05, 4.69) is 11.4 Å². The summed E-state index contributed by atoms with van der Waals surface area (Å²) in [6.07, 6.45) is 3.48. The molecular formula is C18H25ClN2O4S. The average molecular weight is 401 g/mol. The van der Waals surface area contributed by atoms with Crippen molar-refractivity contribution in [3.63, 3.8) is 0 Å². The molecule has 1 atom stereocenters. The number of carbonyl (C=O) groups is 2. The molecule has 0 aliphatic carbocycles. The first kappa shape index (κ1) is 19.6. The second-order valence-corrected chi connectivity index (χ2v) is 8.19. The minimum Gasteiger partial charge on any atom is -0.469 e. The van der Waals surface area contributed by atoms with Gasteiger partial charge in [0, 0.05) is 24.4 Å². The van der Waals surface area contributed by atoms with Crippen LogP contribution in [0.15, 0.2) is 6.07 Å². The Morgan fingerprint density at radius 1 is 1.38 bits per heavy atom. The van der Waals surface area contributed by atoms with Gasteiger partial charge in [-0.2, -0.15) is 0 Å². The number of rotatable bonds is 2. The van der Waals surface area contributed by atoms with Crippen LogP contribution in [0.5, 0.6) is 0 Å². The van der Waals surface area contributed by atoms with E-state index in [1.54, 1.807) is 16.2 Å². The molecule has 1 aromatic heterocycles. The Balaban J connectivity index is 0.00000196. The first-order chi connectivity index (χ1) is 12.1. The van der Waals surface area contributed by atoms with E-state index in [9.17, 15) is 9.59 Å². The summed E-state index contributed by atoms with van der Waals surface area (Å²) in [5.41, 5.74) is 1.00. The van der Waals surface area contributed by atoms with Crippen LogP contribution in [0, 0.1) is 5.92 Å². The number of ether oxygens (including phenoxy) is 2. The summed E-state index contributed by atoms with van der Waals surface area (Å²) >= 11 is 1.61. The van der Waals surface area contributed by atoms with E-state index in [1.807, 2.05) is 0 Å². The number of piperidine rings is 1. The van der Waals surface area contributed by atoms with Crippen LogP contribution in [0.3, 0.4) is 0 Å². The van der Waals surface area contributed by atoms with E-state index in [4.69, 9.17) is 9.47 Å². The highest BCUT2D eigenvalue weighted by atomic mass is 35.5. The molecule has 26 heavy (non-hydrogen) atoms. The lowest BCUT2D eigenvalue weighted by molar-refractivity contribution is -0.144. The molecule has 144 valence electrons. The van der Waals surface area contributed by atoms with E-state index < -0.39 is 0 Å². The number of hydrogen-bond acceptors (Lipinski definition) is 6. The summed E-state index contributed by atoms with van der Waals surface area (Å²) in [5, 5.41) is 3.39. The Bertz CT molecular complexity index is 687. The number of methoxy groups -OCH3 is 1. The number of esters is 1. The molecule has 0 radical (unpaired) electrons. The molecule has 0 aromatic carbocycles. The number of likely N-dealkylation sites (tertiary alicyclic amines) is 1. The highest BCUT2D eigenvalue weighted by Crippen LogP contribution is 2.43. The maximum absolute atomic E-state index is 12.9. The molecule has 1 spiro atoms. The summed E-state index contributed by atoms with van der Waals surface area (Å²) in [4.78, 5) is 28.5. The van der Waals surface area contributed by atoms with Gasteiger partial charge in [-0.1, -0.05) is 0 Å².